The Morgan fingerprint density at radius 3 is 2.38 bits per heavy atom. The first-order chi connectivity index (χ1) is 6.27. The van der Waals surface area contributed by atoms with E-state index in [1.807, 2.05) is 6.92 Å². The van der Waals surface area contributed by atoms with Crippen LogP contribution in [-0.2, 0) is 0 Å². The summed E-state index contributed by atoms with van der Waals surface area (Å²) < 4.78 is 0. The van der Waals surface area contributed by atoms with Crippen molar-refractivity contribution in [2.45, 2.75) is 13.8 Å². The van der Waals surface area contributed by atoms with E-state index in [4.69, 9.17) is 0 Å². The Labute approximate surface area is 80.5 Å². The van der Waals surface area contributed by atoms with E-state index in [9.17, 15) is 0 Å². The largest absolute Gasteiger partial charge is 0.238 e. The number of hydrogen-bond donors (Lipinski definition) is 0. The average Bonchev–Trinajstić information content (AvgIpc) is 2.49. The van der Waals surface area contributed by atoms with Crippen molar-refractivity contribution >= 4 is 11.3 Å². The quantitative estimate of drug-likeness (QED) is 0.693. The van der Waals surface area contributed by atoms with Crippen molar-refractivity contribution in [3.05, 3.63) is 29.0 Å². The van der Waals surface area contributed by atoms with E-state index in [0.717, 1.165) is 10.7 Å². The summed E-state index contributed by atoms with van der Waals surface area (Å²) in [5.41, 5.74) is 1.06. The molecule has 0 aliphatic rings. The van der Waals surface area contributed by atoms with Crippen LogP contribution in [-0.4, -0.2) is 15.0 Å². The van der Waals surface area contributed by atoms with Crippen molar-refractivity contribution in [3.8, 4) is 10.8 Å². The molecule has 3 nitrogen and oxygen atoms in total. The summed E-state index contributed by atoms with van der Waals surface area (Å²) in [6.45, 7) is 4.05. The molecule has 0 amide bonds. The first kappa shape index (κ1) is 8.31. The van der Waals surface area contributed by atoms with Gasteiger partial charge in [-0.15, -0.1) is 11.3 Å². The third kappa shape index (κ3) is 1.58. The zero-order valence-electron chi connectivity index (χ0n) is 7.48. The van der Waals surface area contributed by atoms with E-state index in [-0.39, 0.29) is 0 Å². The fourth-order valence-corrected chi connectivity index (χ4v) is 1.84. The summed E-state index contributed by atoms with van der Waals surface area (Å²) >= 11 is 1.63. The van der Waals surface area contributed by atoms with Crippen molar-refractivity contribution in [1.82, 2.24) is 15.0 Å². The maximum absolute atomic E-state index is 4.37. The van der Waals surface area contributed by atoms with Gasteiger partial charge in [-0.25, -0.2) is 15.0 Å². The van der Waals surface area contributed by atoms with E-state index in [2.05, 4.69) is 21.9 Å². The molecule has 2 heterocycles. The highest BCUT2D eigenvalue weighted by molar-refractivity contribution is 7.15. The molecule has 2 aromatic heterocycles. The van der Waals surface area contributed by atoms with Crippen LogP contribution in [0.15, 0.2) is 18.5 Å². The maximum Gasteiger partial charge on any atom is 0.188 e. The van der Waals surface area contributed by atoms with Gasteiger partial charge in [-0.1, -0.05) is 0 Å². The van der Waals surface area contributed by atoms with Crippen molar-refractivity contribution in [3.63, 3.8) is 0 Å². The zero-order valence-corrected chi connectivity index (χ0v) is 8.30. The average molecular weight is 191 g/mol. The summed E-state index contributed by atoms with van der Waals surface area (Å²) in [7, 11) is 0. The highest BCUT2D eigenvalue weighted by atomic mass is 32.1. The lowest BCUT2D eigenvalue weighted by atomic mass is 10.4. The Balaban J connectivity index is 2.48. The standard InChI is InChI=1S/C9H9N3S/c1-6-7(2)13-9(12-6)8-10-4-3-5-11-8/h3-5H,1-2H3. The minimum absolute atomic E-state index is 0.712. The molecule has 0 spiro atoms. The van der Waals surface area contributed by atoms with Crippen LogP contribution < -0.4 is 0 Å². The predicted molar refractivity (Wildman–Crippen MR) is 52.6 cm³/mol. The van der Waals surface area contributed by atoms with E-state index in [1.165, 1.54) is 4.88 Å². The minimum Gasteiger partial charge on any atom is -0.238 e. The Hall–Kier alpha value is -1.29. The minimum atomic E-state index is 0.712. The van der Waals surface area contributed by atoms with Crippen molar-refractivity contribution in [1.29, 1.82) is 0 Å². The molecule has 0 N–H and O–H groups in total. The molecule has 2 rings (SSSR count). The predicted octanol–water partition coefficient (Wildman–Crippen LogP) is 2.22. The first-order valence-corrected chi connectivity index (χ1v) is 4.80. The topological polar surface area (TPSA) is 38.7 Å². The monoisotopic (exact) mass is 191 g/mol. The Morgan fingerprint density at radius 2 is 1.85 bits per heavy atom. The summed E-state index contributed by atoms with van der Waals surface area (Å²) in [6.07, 6.45) is 3.46. The molecular weight excluding hydrogens is 182 g/mol. The van der Waals surface area contributed by atoms with Gasteiger partial charge in [-0.2, -0.15) is 0 Å². The van der Waals surface area contributed by atoms with Gasteiger partial charge in [-0.05, 0) is 19.9 Å². The number of aryl methyl sites for hydroxylation is 2. The molecule has 0 aliphatic carbocycles. The number of nitrogens with zero attached hydrogens (tertiary/aromatic N) is 3. The van der Waals surface area contributed by atoms with Crippen LogP contribution in [0, 0.1) is 13.8 Å². The highest BCUT2D eigenvalue weighted by Gasteiger charge is 2.07. The third-order valence-corrected chi connectivity index (χ3v) is 2.85. The molecule has 66 valence electrons. The molecule has 0 fully saturated rings. The van der Waals surface area contributed by atoms with E-state index >= 15 is 0 Å². The van der Waals surface area contributed by atoms with Crippen LogP contribution in [0.3, 0.4) is 0 Å². The van der Waals surface area contributed by atoms with Crippen molar-refractivity contribution in [2.75, 3.05) is 0 Å². The van der Waals surface area contributed by atoms with Gasteiger partial charge in [0.1, 0.15) is 0 Å². The second-order valence-electron chi connectivity index (χ2n) is 2.73. The highest BCUT2D eigenvalue weighted by Crippen LogP contribution is 2.23. The SMILES string of the molecule is Cc1nc(-c2ncccn2)sc1C. The molecule has 0 aliphatic heterocycles. The zero-order chi connectivity index (χ0) is 9.26. The molecule has 4 heteroatoms. The first-order valence-electron chi connectivity index (χ1n) is 3.99. The van der Waals surface area contributed by atoms with Crippen LogP contribution in [0.1, 0.15) is 10.6 Å². The fraction of sp³-hybridized carbons (Fsp3) is 0.222. The van der Waals surface area contributed by atoms with Gasteiger partial charge in [0, 0.05) is 17.3 Å². The Morgan fingerprint density at radius 1 is 1.15 bits per heavy atom. The van der Waals surface area contributed by atoms with Crippen molar-refractivity contribution in [2.24, 2.45) is 0 Å². The van der Waals surface area contributed by atoms with E-state index in [0.29, 0.717) is 5.82 Å². The van der Waals surface area contributed by atoms with Gasteiger partial charge in [-0.3, -0.25) is 0 Å². The summed E-state index contributed by atoms with van der Waals surface area (Å²) in [5, 5.41) is 0.899. The maximum atomic E-state index is 4.37. The smallest absolute Gasteiger partial charge is 0.188 e. The van der Waals surface area contributed by atoms with Crippen molar-refractivity contribution < 1.29 is 0 Å². The van der Waals surface area contributed by atoms with Gasteiger partial charge in [0.15, 0.2) is 10.8 Å². The summed E-state index contributed by atoms with van der Waals surface area (Å²) in [6, 6.07) is 1.80. The lowest BCUT2D eigenvalue weighted by Crippen LogP contribution is -1.85. The van der Waals surface area contributed by atoms with Crippen LogP contribution in [0.2, 0.25) is 0 Å². The lowest BCUT2D eigenvalue weighted by Gasteiger charge is -1.90. The van der Waals surface area contributed by atoms with Gasteiger partial charge >= 0.3 is 0 Å². The van der Waals surface area contributed by atoms with Gasteiger partial charge in [0.05, 0.1) is 5.69 Å². The molecule has 0 bridgehead atoms. The number of rotatable bonds is 1. The van der Waals surface area contributed by atoms with Crippen LogP contribution in [0.5, 0.6) is 0 Å². The van der Waals surface area contributed by atoms with Gasteiger partial charge in [0.25, 0.3) is 0 Å². The molecule has 0 aromatic carbocycles. The van der Waals surface area contributed by atoms with Gasteiger partial charge < -0.3 is 0 Å². The Bertz CT molecular complexity index is 389. The molecule has 2 aromatic rings. The number of thiazole rings is 1. The van der Waals surface area contributed by atoms with Crippen LogP contribution in [0.25, 0.3) is 10.8 Å². The van der Waals surface area contributed by atoms with E-state index < -0.39 is 0 Å². The normalized spacial score (nSPS) is 10.3. The molecule has 0 saturated carbocycles. The molecule has 0 unspecified atom stereocenters. The molecule has 0 atom stereocenters. The number of aromatic nitrogens is 3. The molecule has 0 saturated heterocycles. The summed E-state index contributed by atoms with van der Waals surface area (Å²) in [4.78, 5) is 13.9. The molecule has 0 radical (unpaired) electrons. The Kier molecular flexibility index (Phi) is 2.06. The molecular formula is C9H9N3S. The van der Waals surface area contributed by atoms with Crippen LogP contribution in [0.4, 0.5) is 0 Å². The number of hydrogen-bond acceptors (Lipinski definition) is 4. The third-order valence-electron chi connectivity index (χ3n) is 1.79. The van der Waals surface area contributed by atoms with Crippen LogP contribution >= 0.6 is 11.3 Å². The lowest BCUT2D eigenvalue weighted by molar-refractivity contribution is 1.14. The second kappa shape index (κ2) is 3.22. The van der Waals surface area contributed by atoms with Gasteiger partial charge in [0.2, 0.25) is 0 Å². The second-order valence-corrected chi connectivity index (χ2v) is 3.94. The molecule has 13 heavy (non-hydrogen) atoms. The van der Waals surface area contributed by atoms with E-state index in [1.54, 1.807) is 29.8 Å². The fourth-order valence-electron chi connectivity index (χ4n) is 0.978. The summed E-state index contributed by atoms with van der Waals surface area (Å²) in [5.74, 6) is 0.712.